The number of aromatic nitrogens is 2. The Labute approximate surface area is 80.5 Å². The number of carboxylic acid groups (broad SMARTS) is 1. The molecule has 1 aromatic heterocycles. The molecule has 1 heterocycles. The Morgan fingerprint density at radius 2 is 2.29 bits per heavy atom. The van der Waals surface area contributed by atoms with E-state index in [2.05, 4.69) is 10.4 Å². The number of carboxylic acids is 1. The summed E-state index contributed by atoms with van der Waals surface area (Å²) >= 11 is 0. The molecule has 0 radical (unpaired) electrons. The topological polar surface area (TPSA) is 84.2 Å². The van der Waals surface area contributed by atoms with Crippen LogP contribution in [0.1, 0.15) is 27.8 Å². The second-order valence-electron chi connectivity index (χ2n) is 2.70. The number of carbonyl (C=O) groups is 2. The molecule has 0 spiro atoms. The van der Waals surface area contributed by atoms with Gasteiger partial charge in [0, 0.05) is 13.6 Å². The first kappa shape index (κ1) is 10.2. The van der Waals surface area contributed by atoms with Crippen LogP contribution in [0, 0.1) is 0 Å². The van der Waals surface area contributed by atoms with Crippen molar-refractivity contribution in [2.75, 3.05) is 6.54 Å². The summed E-state index contributed by atoms with van der Waals surface area (Å²) < 4.78 is 1.16. The molecule has 1 amide bonds. The highest BCUT2D eigenvalue weighted by atomic mass is 16.4. The van der Waals surface area contributed by atoms with Crippen LogP contribution < -0.4 is 5.32 Å². The second-order valence-corrected chi connectivity index (χ2v) is 2.70. The molecule has 76 valence electrons. The number of nitrogens with one attached hydrogen (secondary N) is 1. The number of carbonyl (C=O) groups excluding carboxylic acids is 1. The maximum Gasteiger partial charge on any atom is 0.354 e. The van der Waals surface area contributed by atoms with E-state index in [4.69, 9.17) is 5.11 Å². The average Bonchev–Trinajstić information content (AvgIpc) is 2.47. The van der Waals surface area contributed by atoms with Crippen LogP contribution in [0.3, 0.4) is 0 Å². The zero-order valence-electron chi connectivity index (χ0n) is 7.94. The maximum absolute atomic E-state index is 11.4. The molecule has 0 saturated carbocycles. The van der Waals surface area contributed by atoms with Crippen LogP contribution in [0.4, 0.5) is 0 Å². The van der Waals surface area contributed by atoms with Crippen molar-refractivity contribution < 1.29 is 14.7 Å². The van der Waals surface area contributed by atoms with Crippen LogP contribution in [0.2, 0.25) is 0 Å². The lowest BCUT2D eigenvalue weighted by Crippen LogP contribution is -2.24. The fourth-order valence-corrected chi connectivity index (χ4v) is 1.11. The molecule has 2 N–H and O–H groups in total. The standard InChI is InChI=1S/C8H11N3O3/c1-3-9-7(12)5-4-10-11(2)6(5)8(13)14/h4H,3H2,1-2H3,(H,9,12)(H,13,14). The summed E-state index contributed by atoms with van der Waals surface area (Å²) in [6.07, 6.45) is 1.24. The van der Waals surface area contributed by atoms with Gasteiger partial charge in [-0.1, -0.05) is 0 Å². The SMILES string of the molecule is CCNC(=O)c1cnn(C)c1C(=O)O. The lowest BCUT2D eigenvalue weighted by Gasteiger charge is -2.01. The highest BCUT2D eigenvalue weighted by Crippen LogP contribution is 2.06. The van der Waals surface area contributed by atoms with Crippen molar-refractivity contribution in [1.29, 1.82) is 0 Å². The van der Waals surface area contributed by atoms with Gasteiger partial charge in [-0.05, 0) is 6.92 Å². The van der Waals surface area contributed by atoms with Crippen LogP contribution in [-0.2, 0) is 7.05 Å². The molecule has 0 saturated heterocycles. The fraction of sp³-hybridized carbons (Fsp3) is 0.375. The molecule has 0 aliphatic rings. The summed E-state index contributed by atoms with van der Waals surface area (Å²) in [4.78, 5) is 22.1. The number of amides is 1. The predicted octanol–water partition coefficient (Wildman–Crippen LogP) is -0.132. The van der Waals surface area contributed by atoms with Crippen molar-refractivity contribution in [3.63, 3.8) is 0 Å². The monoisotopic (exact) mass is 197 g/mol. The van der Waals surface area contributed by atoms with E-state index in [1.807, 2.05) is 0 Å². The van der Waals surface area contributed by atoms with Gasteiger partial charge < -0.3 is 10.4 Å². The zero-order valence-corrected chi connectivity index (χ0v) is 7.94. The minimum atomic E-state index is -1.16. The predicted molar refractivity (Wildman–Crippen MR) is 48.2 cm³/mol. The van der Waals surface area contributed by atoms with Crippen molar-refractivity contribution in [1.82, 2.24) is 15.1 Å². The van der Waals surface area contributed by atoms with Crippen LogP contribution in [0.25, 0.3) is 0 Å². The van der Waals surface area contributed by atoms with E-state index in [0.717, 1.165) is 4.68 Å². The molecule has 0 aliphatic heterocycles. The maximum atomic E-state index is 11.4. The number of hydrogen-bond donors (Lipinski definition) is 2. The van der Waals surface area contributed by atoms with Gasteiger partial charge in [0.15, 0.2) is 5.69 Å². The largest absolute Gasteiger partial charge is 0.477 e. The third-order valence-electron chi connectivity index (χ3n) is 1.72. The Balaban J connectivity index is 3.09. The normalized spacial score (nSPS) is 9.86. The van der Waals surface area contributed by atoms with Gasteiger partial charge in [-0.25, -0.2) is 4.79 Å². The molecular formula is C8H11N3O3. The smallest absolute Gasteiger partial charge is 0.354 e. The third kappa shape index (κ3) is 1.73. The van der Waals surface area contributed by atoms with Gasteiger partial charge in [-0.15, -0.1) is 0 Å². The fourth-order valence-electron chi connectivity index (χ4n) is 1.11. The molecule has 0 aliphatic carbocycles. The lowest BCUT2D eigenvalue weighted by molar-refractivity contribution is 0.0679. The third-order valence-corrected chi connectivity index (χ3v) is 1.72. The summed E-state index contributed by atoms with van der Waals surface area (Å²) in [6, 6.07) is 0. The van der Waals surface area contributed by atoms with Gasteiger partial charge in [0.1, 0.15) is 0 Å². The van der Waals surface area contributed by atoms with Crippen molar-refractivity contribution in [3.05, 3.63) is 17.5 Å². The Bertz CT molecular complexity index is 370. The molecule has 1 rings (SSSR count). The summed E-state index contributed by atoms with van der Waals surface area (Å²) in [5, 5.41) is 15.0. The highest BCUT2D eigenvalue weighted by Gasteiger charge is 2.20. The minimum Gasteiger partial charge on any atom is -0.477 e. The molecule has 0 aromatic carbocycles. The molecule has 14 heavy (non-hydrogen) atoms. The molecule has 0 bridgehead atoms. The second kappa shape index (κ2) is 3.91. The zero-order chi connectivity index (χ0) is 10.7. The van der Waals surface area contributed by atoms with Crippen LogP contribution >= 0.6 is 0 Å². The van der Waals surface area contributed by atoms with Crippen LogP contribution in [-0.4, -0.2) is 33.3 Å². The number of aromatic carboxylic acids is 1. The van der Waals surface area contributed by atoms with Crippen molar-refractivity contribution >= 4 is 11.9 Å². The number of hydrogen-bond acceptors (Lipinski definition) is 3. The van der Waals surface area contributed by atoms with E-state index >= 15 is 0 Å². The lowest BCUT2D eigenvalue weighted by atomic mass is 10.2. The van der Waals surface area contributed by atoms with Crippen LogP contribution in [0.15, 0.2) is 6.20 Å². The van der Waals surface area contributed by atoms with E-state index in [1.165, 1.54) is 13.2 Å². The van der Waals surface area contributed by atoms with Gasteiger partial charge in [0.25, 0.3) is 5.91 Å². The molecular weight excluding hydrogens is 186 g/mol. The van der Waals surface area contributed by atoms with E-state index in [9.17, 15) is 9.59 Å². The molecule has 6 nitrogen and oxygen atoms in total. The first-order chi connectivity index (χ1) is 6.57. The minimum absolute atomic E-state index is 0.0850. The number of rotatable bonds is 3. The summed E-state index contributed by atoms with van der Waals surface area (Å²) in [5.41, 5.74) is -0.0159. The van der Waals surface area contributed by atoms with E-state index < -0.39 is 11.9 Å². The Morgan fingerprint density at radius 1 is 1.64 bits per heavy atom. The Morgan fingerprint density at radius 3 is 2.79 bits per heavy atom. The first-order valence-electron chi connectivity index (χ1n) is 4.11. The summed E-state index contributed by atoms with van der Waals surface area (Å²) in [7, 11) is 1.48. The Hall–Kier alpha value is -1.85. The average molecular weight is 197 g/mol. The van der Waals surface area contributed by atoms with Gasteiger partial charge in [0.05, 0.1) is 11.8 Å². The van der Waals surface area contributed by atoms with Gasteiger partial charge in [-0.2, -0.15) is 5.10 Å². The first-order valence-corrected chi connectivity index (χ1v) is 4.11. The number of nitrogens with zero attached hydrogens (tertiary/aromatic N) is 2. The summed E-state index contributed by atoms with van der Waals surface area (Å²) in [6.45, 7) is 2.21. The van der Waals surface area contributed by atoms with Gasteiger partial charge >= 0.3 is 5.97 Å². The van der Waals surface area contributed by atoms with Gasteiger partial charge in [-0.3, -0.25) is 9.48 Å². The van der Waals surface area contributed by atoms with Gasteiger partial charge in [0.2, 0.25) is 0 Å². The van der Waals surface area contributed by atoms with Crippen LogP contribution in [0.5, 0.6) is 0 Å². The molecule has 0 fully saturated rings. The van der Waals surface area contributed by atoms with E-state index in [1.54, 1.807) is 6.92 Å². The molecule has 0 unspecified atom stereocenters. The summed E-state index contributed by atoms with van der Waals surface area (Å²) in [5.74, 6) is -1.58. The quantitative estimate of drug-likeness (QED) is 0.706. The van der Waals surface area contributed by atoms with Crippen molar-refractivity contribution in [2.24, 2.45) is 7.05 Å². The Kier molecular flexibility index (Phi) is 2.85. The number of aryl methyl sites for hydroxylation is 1. The molecule has 6 heteroatoms. The molecule has 1 aromatic rings. The van der Waals surface area contributed by atoms with E-state index in [-0.39, 0.29) is 11.3 Å². The van der Waals surface area contributed by atoms with Crippen molar-refractivity contribution in [2.45, 2.75) is 6.92 Å². The van der Waals surface area contributed by atoms with E-state index in [0.29, 0.717) is 6.54 Å². The molecule has 0 atom stereocenters. The highest BCUT2D eigenvalue weighted by molar-refractivity contribution is 6.03. The van der Waals surface area contributed by atoms with Crippen molar-refractivity contribution in [3.8, 4) is 0 Å².